The van der Waals surface area contributed by atoms with Crippen LogP contribution < -0.4 is 10.5 Å². The second-order valence-corrected chi connectivity index (χ2v) is 7.11. The molecule has 4 nitrogen and oxygen atoms in total. The van der Waals surface area contributed by atoms with Crippen LogP contribution in [0.15, 0.2) is 24.3 Å². The van der Waals surface area contributed by atoms with E-state index in [2.05, 4.69) is 12.1 Å². The number of likely N-dealkylation sites (tertiary alicyclic amines) is 1. The fourth-order valence-corrected chi connectivity index (χ4v) is 4.06. The molecule has 5 heteroatoms. The fourth-order valence-electron chi connectivity index (χ4n) is 4.06. The molecular formula is C19H29ClN2O2. The van der Waals surface area contributed by atoms with Crippen LogP contribution in [0, 0.1) is 5.92 Å². The summed E-state index contributed by atoms with van der Waals surface area (Å²) in [6.07, 6.45) is 7.03. The number of amides is 1. The maximum absolute atomic E-state index is 12.7. The second kappa shape index (κ2) is 8.21. The lowest BCUT2D eigenvalue weighted by molar-refractivity contribution is -0.138. The summed E-state index contributed by atoms with van der Waals surface area (Å²) in [5.74, 6) is 1.77. The Hall–Kier alpha value is -1.26. The summed E-state index contributed by atoms with van der Waals surface area (Å²) >= 11 is 0. The highest BCUT2D eigenvalue weighted by atomic mass is 35.5. The van der Waals surface area contributed by atoms with Crippen LogP contribution in [0.5, 0.6) is 5.75 Å². The highest BCUT2D eigenvalue weighted by Crippen LogP contribution is 2.32. The Morgan fingerprint density at radius 3 is 2.50 bits per heavy atom. The van der Waals surface area contributed by atoms with Gasteiger partial charge >= 0.3 is 0 Å². The zero-order valence-corrected chi connectivity index (χ0v) is 15.3. The maximum atomic E-state index is 12.7. The average molecular weight is 353 g/mol. The highest BCUT2D eigenvalue weighted by Gasteiger charge is 2.40. The summed E-state index contributed by atoms with van der Waals surface area (Å²) in [6, 6.07) is 8.23. The van der Waals surface area contributed by atoms with Crippen molar-refractivity contribution in [2.24, 2.45) is 11.7 Å². The van der Waals surface area contributed by atoms with Crippen LogP contribution in [0.25, 0.3) is 0 Å². The van der Waals surface area contributed by atoms with Crippen molar-refractivity contribution in [2.45, 2.75) is 50.5 Å². The smallest absolute Gasteiger partial charge is 0.242 e. The van der Waals surface area contributed by atoms with Gasteiger partial charge in [0, 0.05) is 13.1 Å². The number of carbonyl (C=O) groups is 1. The largest absolute Gasteiger partial charge is 0.496 e. The van der Waals surface area contributed by atoms with E-state index < -0.39 is 5.54 Å². The molecule has 1 amide bonds. The lowest BCUT2D eigenvalue weighted by Gasteiger charge is -2.37. The number of carbonyl (C=O) groups excluding carboxylic acids is 1. The Morgan fingerprint density at radius 2 is 1.88 bits per heavy atom. The summed E-state index contributed by atoms with van der Waals surface area (Å²) < 4.78 is 5.45. The van der Waals surface area contributed by atoms with E-state index in [-0.39, 0.29) is 18.3 Å². The van der Waals surface area contributed by atoms with E-state index in [1.807, 2.05) is 17.0 Å². The molecule has 1 aliphatic carbocycles. The zero-order valence-electron chi connectivity index (χ0n) is 14.5. The van der Waals surface area contributed by atoms with E-state index in [9.17, 15) is 4.79 Å². The number of piperidine rings is 1. The first kappa shape index (κ1) is 19.1. The van der Waals surface area contributed by atoms with Gasteiger partial charge in [-0.3, -0.25) is 4.79 Å². The second-order valence-electron chi connectivity index (χ2n) is 7.11. The summed E-state index contributed by atoms with van der Waals surface area (Å²) in [5.41, 5.74) is 7.02. The summed E-state index contributed by atoms with van der Waals surface area (Å²) in [5, 5.41) is 0. The summed E-state index contributed by atoms with van der Waals surface area (Å²) in [7, 11) is 1.72. The quantitative estimate of drug-likeness (QED) is 0.905. The minimum Gasteiger partial charge on any atom is -0.496 e. The van der Waals surface area contributed by atoms with E-state index >= 15 is 0 Å². The first-order chi connectivity index (χ1) is 11.1. The van der Waals surface area contributed by atoms with Gasteiger partial charge in [-0.15, -0.1) is 12.4 Å². The topological polar surface area (TPSA) is 55.6 Å². The van der Waals surface area contributed by atoms with Gasteiger partial charge in [0.25, 0.3) is 0 Å². The first-order valence-electron chi connectivity index (χ1n) is 8.82. The number of para-hydroxylation sites is 1. The van der Waals surface area contributed by atoms with Gasteiger partial charge in [-0.05, 0) is 49.7 Å². The number of halogens is 1. The molecule has 0 aromatic heterocycles. The minimum absolute atomic E-state index is 0. The Labute approximate surface area is 151 Å². The monoisotopic (exact) mass is 352 g/mol. The van der Waals surface area contributed by atoms with Crippen LogP contribution in [0.4, 0.5) is 0 Å². The number of methoxy groups -OCH3 is 1. The minimum atomic E-state index is -0.574. The van der Waals surface area contributed by atoms with Crippen LogP contribution in [0.3, 0.4) is 0 Å². The number of ether oxygens (including phenoxy) is 1. The molecule has 1 saturated carbocycles. The van der Waals surface area contributed by atoms with Gasteiger partial charge in [0.05, 0.1) is 12.6 Å². The number of nitrogens with zero attached hydrogens (tertiary/aromatic N) is 1. The molecule has 1 saturated heterocycles. The predicted octanol–water partition coefficient (Wildman–Crippen LogP) is 3.17. The van der Waals surface area contributed by atoms with Gasteiger partial charge in [-0.25, -0.2) is 0 Å². The predicted molar refractivity (Wildman–Crippen MR) is 98.6 cm³/mol. The Balaban J connectivity index is 0.00000208. The molecule has 0 radical (unpaired) electrons. The SMILES string of the molecule is COc1ccccc1CC1CCN(C(=O)C2(N)CCCC2)CC1.Cl. The van der Waals surface area contributed by atoms with Crippen molar-refractivity contribution in [3.8, 4) is 5.75 Å². The van der Waals surface area contributed by atoms with Crippen LogP contribution in [0.1, 0.15) is 44.1 Å². The van der Waals surface area contributed by atoms with E-state index in [1.54, 1.807) is 7.11 Å². The lowest BCUT2D eigenvalue weighted by atomic mass is 9.88. The molecule has 0 bridgehead atoms. The fraction of sp³-hybridized carbons (Fsp3) is 0.632. The van der Waals surface area contributed by atoms with Crippen molar-refractivity contribution in [3.05, 3.63) is 29.8 Å². The molecular weight excluding hydrogens is 324 g/mol. The third-order valence-corrected chi connectivity index (χ3v) is 5.52. The van der Waals surface area contributed by atoms with Gasteiger partial charge in [0.15, 0.2) is 0 Å². The molecule has 3 rings (SSSR count). The number of rotatable bonds is 4. The Kier molecular flexibility index (Phi) is 6.53. The molecule has 0 unspecified atom stereocenters. The van der Waals surface area contributed by atoms with Crippen LogP contribution >= 0.6 is 12.4 Å². The average Bonchev–Trinajstić information content (AvgIpc) is 3.03. The van der Waals surface area contributed by atoms with Crippen LogP contribution in [0.2, 0.25) is 0 Å². The van der Waals surface area contributed by atoms with Crippen molar-refractivity contribution in [2.75, 3.05) is 20.2 Å². The van der Waals surface area contributed by atoms with Gasteiger partial charge in [0.1, 0.15) is 5.75 Å². The van der Waals surface area contributed by atoms with Crippen molar-refractivity contribution >= 4 is 18.3 Å². The molecule has 0 spiro atoms. The van der Waals surface area contributed by atoms with Crippen molar-refractivity contribution in [1.29, 1.82) is 0 Å². The third-order valence-electron chi connectivity index (χ3n) is 5.52. The lowest BCUT2D eigenvalue weighted by Crippen LogP contribution is -2.55. The molecule has 134 valence electrons. The van der Waals surface area contributed by atoms with Gasteiger partial charge in [-0.1, -0.05) is 31.0 Å². The standard InChI is InChI=1S/C19H28N2O2.ClH/c1-23-17-7-3-2-6-16(17)14-15-8-12-21(13-9-15)18(22)19(20)10-4-5-11-19;/h2-3,6-7,15H,4-5,8-14,20H2,1H3;1H. The molecule has 2 N–H and O–H groups in total. The van der Waals surface area contributed by atoms with E-state index in [1.165, 1.54) is 5.56 Å². The number of nitrogens with two attached hydrogens (primary N) is 1. The summed E-state index contributed by atoms with van der Waals surface area (Å²) in [4.78, 5) is 14.7. The Morgan fingerprint density at radius 1 is 1.25 bits per heavy atom. The molecule has 2 aliphatic rings. The molecule has 1 heterocycles. The number of hydrogen-bond donors (Lipinski definition) is 1. The van der Waals surface area contributed by atoms with Crippen molar-refractivity contribution in [3.63, 3.8) is 0 Å². The van der Waals surface area contributed by atoms with E-state index in [4.69, 9.17) is 10.5 Å². The molecule has 1 aliphatic heterocycles. The normalized spacial score (nSPS) is 20.5. The zero-order chi connectivity index (χ0) is 16.3. The van der Waals surface area contributed by atoms with Crippen LogP contribution in [-0.2, 0) is 11.2 Å². The van der Waals surface area contributed by atoms with Crippen molar-refractivity contribution in [1.82, 2.24) is 4.90 Å². The van der Waals surface area contributed by atoms with Crippen LogP contribution in [-0.4, -0.2) is 36.5 Å². The Bertz CT molecular complexity index is 550. The summed E-state index contributed by atoms with van der Waals surface area (Å²) in [6.45, 7) is 1.69. The first-order valence-corrected chi connectivity index (χ1v) is 8.82. The highest BCUT2D eigenvalue weighted by molar-refractivity contribution is 5.86. The maximum Gasteiger partial charge on any atom is 0.242 e. The van der Waals surface area contributed by atoms with E-state index in [0.717, 1.165) is 63.8 Å². The van der Waals surface area contributed by atoms with Gasteiger partial charge in [-0.2, -0.15) is 0 Å². The van der Waals surface area contributed by atoms with E-state index in [0.29, 0.717) is 5.92 Å². The molecule has 2 fully saturated rings. The molecule has 0 atom stereocenters. The van der Waals surface area contributed by atoms with Gasteiger partial charge < -0.3 is 15.4 Å². The van der Waals surface area contributed by atoms with Crippen molar-refractivity contribution < 1.29 is 9.53 Å². The third kappa shape index (κ3) is 4.04. The molecule has 1 aromatic carbocycles. The number of hydrogen-bond acceptors (Lipinski definition) is 3. The van der Waals surface area contributed by atoms with Gasteiger partial charge in [0.2, 0.25) is 5.91 Å². The number of benzene rings is 1. The molecule has 24 heavy (non-hydrogen) atoms. The molecule has 1 aromatic rings.